The van der Waals surface area contributed by atoms with Crippen LogP contribution >= 0.6 is 11.6 Å². The van der Waals surface area contributed by atoms with Gasteiger partial charge in [-0.05, 0) is 36.6 Å². The predicted molar refractivity (Wildman–Crippen MR) is 116 cm³/mol. The molecule has 0 aliphatic carbocycles. The Kier molecular flexibility index (Phi) is 6.35. The van der Waals surface area contributed by atoms with Crippen LogP contribution in [0.3, 0.4) is 0 Å². The zero-order valence-electron chi connectivity index (χ0n) is 16.7. The van der Waals surface area contributed by atoms with Gasteiger partial charge in [0, 0.05) is 25.2 Å². The van der Waals surface area contributed by atoms with Gasteiger partial charge in [-0.25, -0.2) is 22.8 Å². The molecule has 1 aromatic heterocycles. The van der Waals surface area contributed by atoms with E-state index in [1.165, 1.54) is 18.5 Å². The number of hydrogen-bond donors (Lipinski definition) is 1. The molecule has 162 valence electrons. The third-order valence-electron chi connectivity index (χ3n) is 5.34. The van der Waals surface area contributed by atoms with Gasteiger partial charge in [-0.1, -0.05) is 41.9 Å². The zero-order chi connectivity index (χ0) is 21.8. The Bertz CT molecular complexity index is 1150. The molecule has 1 aliphatic heterocycles. The molecule has 10 heteroatoms. The van der Waals surface area contributed by atoms with Gasteiger partial charge < -0.3 is 4.90 Å². The number of hydrogen-bond acceptors (Lipinski definition) is 5. The monoisotopic (exact) mass is 459 g/mol. The standard InChI is InChI=1S/C21H22ClN5O3S/c22-19-7-6-17(12-20(19)31(29,30)25-13-16-4-2-1-3-5-16)21(28)26-10-8-18(9-11-26)27-15-23-14-24-27/h1-7,12,14-15,18,25H,8-11,13H2. The SMILES string of the molecule is O=C(c1ccc(Cl)c(S(=O)(=O)NCc2ccccc2)c1)N1CCC(n2cncn2)CC1. The topological polar surface area (TPSA) is 97.2 Å². The molecule has 0 radical (unpaired) electrons. The van der Waals surface area contributed by atoms with E-state index in [4.69, 9.17) is 11.6 Å². The van der Waals surface area contributed by atoms with Crippen LogP contribution in [-0.2, 0) is 16.6 Å². The van der Waals surface area contributed by atoms with Crippen LogP contribution in [0.25, 0.3) is 0 Å². The number of nitrogens with one attached hydrogen (secondary N) is 1. The molecular weight excluding hydrogens is 438 g/mol. The lowest BCUT2D eigenvalue weighted by atomic mass is 10.0. The van der Waals surface area contributed by atoms with Crippen LogP contribution in [0.4, 0.5) is 0 Å². The van der Waals surface area contributed by atoms with E-state index in [0.717, 1.165) is 18.4 Å². The van der Waals surface area contributed by atoms with Crippen molar-refractivity contribution in [3.8, 4) is 0 Å². The number of halogens is 1. The van der Waals surface area contributed by atoms with E-state index in [1.54, 1.807) is 17.3 Å². The lowest BCUT2D eigenvalue weighted by Gasteiger charge is -2.32. The van der Waals surface area contributed by atoms with Crippen molar-refractivity contribution in [2.75, 3.05) is 13.1 Å². The summed E-state index contributed by atoms with van der Waals surface area (Å²) in [4.78, 5) is 18.6. The minimum Gasteiger partial charge on any atom is -0.338 e. The Hall–Kier alpha value is -2.75. The minimum absolute atomic E-state index is 0.0713. The average Bonchev–Trinajstić information content (AvgIpc) is 3.33. The van der Waals surface area contributed by atoms with Crippen LogP contribution in [0.15, 0.2) is 66.1 Å². The van der Waals surface area contributed by atoms with Crippen LogP contribution in [0, 0.1) is 0 Å². The molecule has 4 rings (SSSR count). The fraction of sp³-hybridized carbons (Fsp3) is 0.286. The first-order valence-electron chi connectivity index (χ1n) is 9.90. The Morgan fingerprint density at radius 1 is 1.13 bits per heavy atom. The highest BCUT2D eigenvalue weighted by molar-refractivity contribution is 7.89. The molecule has 0 saturated carbocycles. The second-order valence-corrected chi connectivity index (χ2v) is 9.50. The van der Waals surface area contributed by atoms with Crippen molar-refractivity contribution < 1.29 is 13.2 Å². The summed E-state index contributed by atoms with van der Waals surface area (Å²) in [6.07, 6.45) is 4.69. The number of carbonyl (C=O) groups excluding carboxylic acids is 1. The fourth-order valence-electron chi connectivity index (χ4n) is 3.62. The average molecular weight is 460 g/mol. The molecule has 3 aromatic rings. The maximum atomic E-state index is 13.0. The van der Waals surface area contributed by atoms with Gasteiger partial charge >= 0.3 is 0 Å². The van der Waals surface area contributed by atoms with Gasteiger partial charge in [0.05, 0.1) is 11.1 Å². The molecule has 0 unspecified atom stereocenters. The van der Waals surface area contributed by atoms with Gasteiger partial charge in [-0.3, -0.25) is 4.79 Å². The molecule has 2 heterocycles. The van der Waals surface area contributed by atoms with Crippen molar-refractivity contribution in [3.63, 3.8) is 0 Å². The highest BCUT2D eigenvalue weighted by Crippen LogP contribution is 2.26. The van der Waals surface area contributed by atoms with Crippen LogP contribution in [-0.4, -0.2) is 47.1 Å². The van der Waals surface area contributed by atoms with E-state index in [9.17, 15) is 13.2 Å². The molecule has 0 atom stereocenters. The quantitative estimate of drug-likeness (QED) is 0.611. The van der Waals surface area contributed by atoms with E-state index in [1.807, 2.05) is 35.0 Å². The Morgan fingerprint density at radius 3 is 2.55 bits per heavy atom. The van der Waals surface area contributed by atoms with E-state index >= 15 is 0 Å². The maximum Gasteiger partial charge on any atom is 0.253 e. The molecule has 31 heavy (non-hydrogen) atoms. The van der Waals surface area contributed by atoms with Crippen LogP contribution < -0.4 is 4.72 Å². The molecule has 0 spiro atoms. The third-order valence-corrected chi connectivity index (χ3v) is 7.22. The lowest BCUT2D eigenvalue weighted by Crippen LogP contribution is -2.39. The first-order valence-corrected chi connectivity index (χ1v) is 11.8. The molecule has 2 aromatic carbocycles. The van der Waals surface area contributed by atoms with Crippen LogP contribution in [0.2, 0.25) is 5.02 Å². The summed E-state index contributed by atoms with van der Waals surface area (Å²) in [7, 11) is -3.89. The summed E-state index contributed by atoms with van der Waals surface area (Å²) in [6, 6.07) is 13.7. The number of aromatic nitrogens is 3. The highest BCUT2D eigenvalue weighted by Gasteiger charge is 2.26. The van der Waals surface area contributed by atoms with Gasteiger partial charge in [0.2, 0.25) is 10.0 Å². The number of nitrogens with zero attached hydrogens (tertiary/aromatic N) is 4. The van der Waals surface area contributed by atoms with Crippen LogP contribution in [0.1, 0.15) is 34.8 Å². The first kappa shape index (κ1) is 21.5. The van der Waals surface area contributed by atoms with E-state index in [0.29, 0.717) is 18.7 Å². The Labute approximate surface area is 185 Å². The van der Waals surface area contributed by atoms with Crippen molar-refractivity contribution in [2.24, 2.45) is 0 Å². The Morgan fingerprint density at radius 2 is 1.87 bits per heavy atom. The lowest BCUT2D eigenvalue weighted by molar-refractivity contribution is 0.0689. The smallest absolute Gasteiger partial charge is 0.253 e. The molecule has 1 saturated heterocycles. The summed E-state index contributed by atoms with van der Waals surface area (Å²) in [6.45, 7) is 1.24. The first-order chi connectivity index (χ1) is 14.9. The summed E-state index contributed by atoms with van der Waals surface area (Å²) in [5.41, 5.74) is 1.12. The number of piperidine rings is 1. The number of sulfonamides is 1. The van der Waals surface area contributed by atoms with Crippen molar-refractivity contribution in [1.82, 2.24) is 24.4 Å². The number of carbonyl (C=O) groups is 1. The van der Waals surface area contributed by atoms with Crippen molar-refractivity contribution in [1.29, 1.82) is 0 Å². The van der Waals surface area contributed by atoms with Crippen molar-refractivity contribution in [3.05, 3.63) is 77.3 Å². The predicted octanol–water partition coefficient (Wildman–Crippen LogP) is 2.89. The number of rotatable bonds is 6. The molecule has 1 fully saturated rings. The summed E-state index contributed by atoms with van der Waals surface area (Å²) in [5.74, 6) is -0.215. The molecule has 8 nitrogen and oxygen atoms in total. The molecule has 0 bridgehead atoms. The van der Waals surface area contributed by atoms with Gasteiger partial charge in [0.15, 0.2) is 0 Å². The normalized spacial score (nSPS) is 15.2. The molecule has 1 amide bonds. The second kappa shape index (κ2) is 9.17. The zero-order valence-corrected chi connectivity index (χ0v) is 18.3. The highest BCUT2D eigenvalue weighted by atomic mass is 35.5. The van der Waals surface area contributed by atoms with E-state index in [-0.39, 0.29) is 28.4 Å². The van der Waals surface area contributed by atoms with E-state index in [2.05, 4.69) is 14.8 Å². The third kappa shape index (κ3) is 4.95. The number of amides is 1. The van der Waals surface area contributed by atoms with Crippen LogP contribution in [0.5, 0.6) is 0 Å². The van der Waals surface area contributed by atoms with Crippen molar-refractivity contribution >= 4 is 27.5 Å². The van der Waals surface area contributed by atoms with Gasteiger partial charge in [-0.15, -0.1) is 0 Å². The second-order valence-electron chi connectivity index (χ2n) is 7.35. The van der Waals surface area contributed by atoms with Gasteiger partial charge in [-0.2, -0.15) is 5.10 Å². The number of benzene rings is 2. The fourth-order valence-corrected chi connectivity index (χ4v) is 5.16. The largest absolute Gasteiger partial charge is 0.338 e. The molecular formula is C21H22ClN5O3S. The van der Waals surface area contributed by atoms with E-state index < -0.39 is 10.0 Å². The van der Waals surface area contributed by atoms with Gasteiger partial charge in [0.1, 0.15) is 17.6 Å². The molecule has 1 aliphatic rings. The maximum absolute atomic E-state index is 13.0. The Balaban J connectivity index is 1.46. The molecule has 1 N–H and O–H groups in total. The minimum atomic E-state index is -3.89. The summed E-state index contributed by atoms with van der Waals surface area (Å²) >= 11 is 6.17. The van der Waals surface area contributed by atoms with Crippen molar-refractivity contribution in [2.45, 2.75) is 30.3 Å². The summed E-state index contributed by atoms with van der Waals surface area (Å²) in [5, 5.41) is 4.24. The van der Waals surface area contributed by atoms with Gasteiger partial charge in [0.25, 0.3) is 5.91 Å². The number of likely N-dealkylation sites (tertiary alicyclic amines) is 1. The summed E-state index contributed by atoms with van der Waals surface area (Å²) < 4.78 is 30.0.